The SMILES string of the molecule is CC(C)[C@@H](Nc1ncnc2[nH]c(C(=O)NCCc3cn[nH]n3)cc12)c1ccc2c(c1)OCCO2. The molecule has 0 aliphatic carbocycles. The maximum atomic E-state index is 12.7. The summed E-state index contributed by atoms with van der Waals surface area (Å²) in [6, 6.07) is 7.71. The van der Waals surface area contributed by atoms with Crippen LogP contribution in [0.4, 0.5) is 5.82 Å². The molecule has 0 bridgehead atoms. The molecule has 0 unspecified atom stereocenters. The van der Waals surface area contributed by atoms with Crippen molar-refractivity contribution in [1.82, 2.24) is 35.7 Å². The summed E-state index contributed by atoms with van der Waals surface area (Å²) in [5.41, 5.74) is 2.85. The fourth-order valence-electron chi connectivity index (χ4n) is 3.96. The summed E-state index contributed by atoms with van der Waals surface area (Å²) >= 11 is 0. The minimum atomic E-state index is -0.223. The lowest BCUT2D eigenvalue weighted by Crippen LogP contribution is -2.26. The van der Waals surface area contributed by atoms with Gasteiger partial charge in [0, 0.05) is 13.0 Å². The fraction of sp³-hybridized carbons (Fsp3) is 0.348. The molecule has 4 heterocycles. The molecule has 5 rings (SSSR count). The summed E-state index contributed by atoms with van der Waals surface area (Å²) < 4.78 is 11.4. The Bertz CT molecular complexity index is 1280. The van der Waals surface area contributed by atoms with Gasteiger partial charge in [0.25, 0.3) is 5.91 Å². The quantitative estimate of drug-likeness (QED) is 0.313. The molecule has 1 aliphatic heterocycles. The molecular formula is C23H26N8O3. The number of hydrogen-bond acceptors (Lipinski definition) is 8. The predicted molar refractivity (Wildman–Crippen MR) is 125 cm³/mol. The Hall–Kier alpha value is -4.15. The number of rotatable bonds is 8. The number of nitrogens with one attached hydrogen (secondary N) is 4. The standard InChI is InChI=1S/C23H26N8O3/c1-13(2)20(14-3-4-18-19(9-14)34-8-7-33-18)29-22-16-10-17(28-21(16)25-12-26-22)23(32)24-6-5-15-11-27-31-30-15/h3-4,9-13,20H,5-8H2,1-2H3,(H,24,32)(H,27,30,31)(H2,25,26,28,29)/t20-/m1/s1. The monoisotopic (exact) mass is 462 g/mol. The molecule has 0 radical (unpaired) electrons. The van der Waals surface area contributed by atoms with Crippen molar-refractivity contribution in [1.29, 1.82) is 0 Å². The number of amides is 1. The lowest BCUT2D eigenvalue weighted by molar-refractivity contribution is 0.0950. The minimum absolute atomic E-state index is 0.0384. The number of ether oxygens (including phenoxy) is 2. The minimum Gasteiger partial charge on any atom is -0.486 e. The van der Waals surface area contributed by atoms with Crippen molar-refractivity contribution < 1.29 is 14.3 Å². The normalized spacial score (nSPS) is 13.7. The number of carbonyl (C=O) groups is 1. The Morgan fingerprint density at radius 3 is 2.79 bits per heavy atom. The molecule has 0 spiro atoms. The Labute approximate surface area is 195 Å². The molecule has 1 atom stereocenters. The molecule has 0 saturated heterocycles. The molecule has 176 valence electrons. The lowest BCUT2D eigenvalue weighted by atomic mass is 9.95. The number of H-pyrrole nitrogens is 2. The first-order valence-corrected chi connectivity index (χ1v) is 11.2. The highest BCUT2D eigenvalue weighted by Gasteiger charge is 2.22. The van der Waals surface area contributed by atoms with E-state index in [0.717, 1.165) is 28.1 Å². The lowest BCUT2D eigenvalue weighted by Gasteiger charge is -2.26. The first kappa shape index (κ1) is 21.7. The third-order valence-corrected chi connectivity index (χ3v) is 5.69. The Kier molecular flexibility index (Phi) is 5.98. The van der Waals surface area contributed by atoms with Crippen LogP contribution in [0.5, 0.6) is 11.5 Å². The van der Waals surface area contributed by atoms with E-state index < -0.39 is 0 Å². The van der Waals surface area contributed by atoms with Crippen molar-refractivity contribution in [3.63, 3.8) is 0 Å². The summed E-state index contributed by atoms with van der Waals surface area (Å²) in [7, 11) is 0. The van der Waals surface area contributed by atoms with Gasteiger partial charge in [0.2, 0.25) is 0 Å². The van der Waals surface area contributed by atoms with Crippen LogP contribution in [0.15, 0.2) is 36.8 Å². The maximum Gasteiger partial charge on any atom is 0.267 e. The molecule has 4 aromatic rings. The van der Waals surface area contributed by atoms with Crippen LogP contribution < -0.4 is 20.1 Å². The number of aromatic nitrogens is 6. The van der Waals surface area contributed by atoms with E-state index in [2.05, 4.69) is 54.8 Å². The third-order valence-electron chi connectivity index (χ3n) is 5.69. The van der Waals surface area contributed by atoms with E-state index in [0.29, 0.717) is 43.3 Å². The number of fused-ring (bicyclic) bond motifs is 2. The molecular weight excluding hydrogens is 436 g/mol. The summed E-state index contributed by atoms with van der Waals surface area (Å²) in [6.07, 6.45) is 3.70. The van der Waals surface area contributed by atoms with Crippen LogP contribution in [-0.4, -0.2) is 56.0 Å². The van der Waals surface area contributed by atoms with E-state index in [-0.39, 0.29) is 17.9 Å². The van der Waals surface area contributed by atoms with Crippen LogP contribution in [-0.2, 0) is 6.42 Å². The molecule has 0 fully saturated rings. The second-order valence-corrected chi connectivity index (χ2v) is 8.40. The molecule has 1 aromatic carbocycles. The zero-order valence-corrected chi connectivity index (χ0v) is 19.0. The van der Waals surface area contributed by atoms with Crippen molar-refractivity contribution >= 4 is 22.8 Å². The first-order valence-electron chi connectivity index (χ1n) is 11.2. The van der Waals surface area contributed by atoms with Crippen LogP contribution in [0, 0.1) is 5.92 Å². The van der Waals surface area contributed by atoms with E-state index in [1.807, 2.05) is 18.2 Å². The molecule has 34 heavy (non-hydrogen) atoms. The molecule has 11 heteroatoms. The molecule has 3 aromatic heterocycles. The van der Waals surface area contributed by atoms with Crippen molar-refractivity contribution in [2.45, 2.75) is 26.3 Å². The van der Waals surface area contributed by atoms with Gasteiger partial charge in [-0.3, -0.25) is 4.79 Å². The number of hydrogen-bond donors (Lipinski definition) is 4. The highest BCUT2D eigenvalue weighted by atomic mass is 16.6. The average Bonchev–Trinajstić information content (AvgIpc) is 3.52. The number of aromatic amines is 2. The van der Waals surface area contributed by atoms with Gasteiger partial charge in [0.05, 0.1) is 23.3 Å². The fourth-order valence-corrected chi connectivity index (χ4v) is 3.96. The van der Waals surface area contributed by atoms with Gasteiger partial charge in [0.1, 0.15) is 36.7 Å². The van der Waals surface area contributed by atoms with E-state index in [9.17, 15) is 4.79 Å². The Morgan fingerprint density at radius 1 is 1.15 bits per heavy atom. The number of carbonyl (C=O) groups excluding carboxylic acids is 1. The van der Waals surface area contributed by atoms with Gasteiger partial charge in [-0.05, 0) is 29.7 Å². The molecule has 11 nitrogen and oxygen atoms in total. The van der Waals surface area contributed by atoms with Crippen molar-refractivity contribution in [3.05, 3.63) is 53.7 Å². The summed E-state index contributed by atoms with van der Waals surface area (Å²) in [5, 5.41) is 17.5. The largest absolute Gasteiger partial charge is 0.486 e. The van der Waals surface area contributed by atoms with Gasteiger partial charge in [-0.1, -0.05) is 19.9 Å². The second kappa shape index (κ2) is 9.38. The first-order chi connectivity index (χ1) is 16.6. The summed E-state index contributed by atoms with van der Waals surface area (Å²) in [4.78, 5) is 24.5. The van der Waals surface area contributed by atoms with Crippen molar-refractivity contribution in [2.75, 3.05) is 25.1 Å². The van der Waals surface area contributed by atoms with Crippen LogP contribution in [0.1, 0.15) is 41.6 Å². The van der Waals surface area contributed by atoms with Gasteiger partial charge in [-0.25, -0.2) is 9.97 Å². The maximum absolute atomic E-state index is 12.7. The Morgan fingerprint density at radius 2 is 2.00 bits per heavy atom. The smallest absolute Gasteiger partial charge is 0.267 e. The van der Waals surface area contributed by atoms with Crippen LogP contribution in [0.3, 0.4) is 0 Å². The average molecular weight is 463 g/mol. The van der Waals surface area contributed by atoms with Gasteiger partial charge >= 0.3 is 0 Å². The van der Waals surface area contributed by atoms with E-state index >= 15 is 0 Å². The van der Waals surface area contributed by atoms with E-state index in [1.165, 1.54) is 6.33 Å². The van der Waals surface area contributed by atoms with Gasteiger partial charge in [0.15, 0.2) is 11.5 Å². The van der Waals surface area contributed by atoms with Crippen molar-refractivity contribution in [3.8, 4) is 11.5 Å². The van der Waals surface area contributed by atoms with Crippen LogP contribution in [0.25, 0.3) is 11.0 Å². The second-order valence-electron chi connectivity index (χ2n) is 8.40. The number of nitrogens with zero attached hydrogens (tertiary/aromatic N) is 4. The van der Waals surface area contributed by atoms with Crippen LogP contribution in [0.2, 0.25) is 0 Å². The topological polar surface area (TPSA) is 143 Å². The van der Waals surface area contributed by atoms with Gasteiger partial charge in [-0.2, -0.15) is 15.4 Å². The number of anilines is 1. The zero-order valence-electron chi connectivity index (χ0n) is 19.0. The predicted octanol–water partition coefficient (Wildman–Crippen LogP) is 2.63. The van der Waals surface area contributed by atoms with E-state index in [4.69, 9.17) is 9.47 Å². The third kappa shape index (κ3) is 4.49. The summed E-state index contributed by atoms with van der Waals surface area (Å²) in [6.45, 7) is 5.81. The Balaban J connectivity index is 1.35. The van der Waals surface area contributed by atoms with Crippen molar-refractivity contribution in [2.24, 2.45) is 5.92 Å². The molecule has 0 saturated carbocycles. The zero-order chi connectivity index (χ0) is 23.5. The highest BCUT2D eigenvalue weighted by Crippen LogP contribution is 2.36. The van der Waals surface area contributed by atoms with Gasteiger partial charge in [-0.15, -0.1) is 0 Å². The summed E-state index contributed by atoms with van der Waals surface area (Å²) in [5.74, 6) is 2.18. The number of benzene rings is 1. The molecule has 4 N–H and O–H groups in total. The highest BCUT2D eigenvalue weighted by molar-refractivity contribution is 5.99. The molecule has 1 aliphatic rings. The van der Waals surface area contributed by atoms with Crippen LogP contribution >= 0.6 is 0 Å². The van der Waals surface area contributed by atoms with E-state index in [1.54, 1.807) is 12.3 Å². The van der Waals surface area contributed by atoms with Gasteiger partial charge < -0.3 is 25.1 Å². The molecule has 1 amide bonds.